The molecule has 0 aliphatic carbocycles. The molecule has 37 heavy (non-hydrogen) atoms. The quantitative estimate of drug-likeness (QED) is 0.280. The van der Waals surface area contributed by atoms with Gasteiger partial charge in [0.15, 0.2) is 0 Å². The Bertz CT molecular complexity index is 1430. The van der Waals surface area contributed by atoms with E-state index >= 15 is 0 Å². The van der Waals surface area contributed by atoms with E-state index in [2.05, 4.69) is 4.98 Å². The molecule has 0 atom stereocenters. The first-order valence-corrected chi connectivity index (χ1v) is 12.0. The van der Waals surface area contributed by atoms with Gasteiger partial charge in [0.25, 0.3) is 5.91 Å². The Hall–Kier alpha value is -3.81. The van der Waals surface area contributed by atoms with E-state index in [0.29, 0.717) is 28.3 Å². The Morgan fingerprint density at radius 2 is 1.62 bits per heavy atom. The van der Waals surface area contributed by atoms with Gasteiger partial charge in [-0.15, -0.1) is 0 Å². The number of carbonyl (C=O) groups excluding carboxylic acids is 1. The summed E-state index contributed by atoms with van der Waals surface area (Å²) in [6.07, 6.45) is -4.49. The molecule has 1 amide bonds. The SMILES string of the molecule is COc1ccc(-n2c(CN(C(=O)c3c(C)cc(C)cc3C)C(C)C)nc3cc(C(F)(F)F)ccc32)cc1. The van der Waals surface area contributed by atoms with Crippen molar-refractivity contribution in [1.29, 1.82) is 0 Å². The summed E-state index contributed by atoms with van der Waals surface area (Å²) < 4.78 is 47.4. The molecule has 8 heteroatoms. The second-order valence-electron chi connectivity index (χ2n) is 9.56. The monoisotopic (exact) mass is 509 g/mol. The van der Waals surface area contributed by atoms with Gasteiger partial charge in [0.05, 0.1) is 30.3 Å². The number of alkyl halides is 3. The second kappa shape index (κ2) is 9.92. The number of benzene rings is 3. The number of imidazole rings is 1. The normalized spacial score (nSPS) is 11.8. The average molecular weight is 510 g/mol. The van der Waals surface area contributed by atoms with E-state index < -0.39 is 11.7 Å². The molecule has 0 unspecified atom stereocenters. The molecule has 4 aromatic rings. The van der Waals surface area contributed by atoms with Crippen LogP contribution in [0.2, 0.25) is 0 Å². The summed E-state index contributed by atoms with van der Waals surface area (Å²) >= 11 is 0. The predicted octanol–water partition coefficient (Wildman–Crippen LogP) is 7.03. The van der Waals surface area contributed by atoms with Gasteiger partial charge in [0.1, 0.15) is 11.6 Å². The van der Waals surface area contributed by atoms with Crippen molar-refractivity contribution in [3.63, 3.8) is 0 Å². The molecular weight excluding hydrogens is 479 g/mol. The number of nitrogens with zero attached hydrogens (tertiary/aromatic N) is 3. The number of methoxy groups -OCH3 is 1. The number of amides is 1. The van der Waals surface area contributed by atoms with Crippen molar-refractivity contribution in [3.8, 4) is 11.4 Å². The molecule has 5 nitrogen and oxygen atoms in total. The van der Waals surface area contributed by atoms with Crippen LogP contribution in [0.15, 0.2) is 54.6 Å². The highest BCUT2D eigenvalue weighted by atomic mass is 19.4. The molecule has 0 aliphatic heterocycles. The minimum absolute atomic E-state index is 0.116. The third kappa shape index (κ3) is 5.19. The Labute approximate surface area is 214 Å². The molecule has 3 aromatic carbocycles. The van der Waals surface area contributed by atoms with Crippen LogP contribution < -0.4 is 4.74 Å². The van der Waals surface area contributed by atoms with Gasteiger partial charge in [0.2, 0.25) is 0 Å². The van der Waals surface area contributed by atoms with Crippen LogP contribution in [0.5, 0.6) is 5.75 Å². The van der Waals surface area contributed by atoms with E-state index in [1.165, 1.54) is 6.07 Å². The van der Waals surface area contributed by atoms with Crippen molar-refractivity contribution in [2.75, 3.05) is 7.11 Å². The summed E-state index contributed by atoms with van der Waals surface area (Å²) in [6.45, 7) is 9.76. The third-order valence-electron chi connectivity index (χ3n) is 6.47. The van der Waals surface area contributed by atoms with Gasteiger partial charge >= 0.3 is 6.18 Å². The number of halogens is 3. The molecular formula is C29H30F3N3O2. The smallest absolute Gasteiger partial charge is 0.416 e. The first kappa shape index (κ1) is 26.3. The molecule has 0 radical (unpaired) electrons. The molecule has 4 rings (SSSR count). The van der Waals surface area contributed by atoms with Crippen LogP contribution in [0.4, 0.5) is 13.2 Å². The molecule has 0 aliphatic rings. The lowest BCUT2D eigenvalue weighted by Gasteiger charge is -2.28. The van der Waals surface area contributed by atoms with Gasteiger partial charge in [-0.05, 0) is 88.2 Å². The average Bonchev–Trinajstić information content (AvgIpc) is 3.18. The molecule has 194 valence electrons. The van der Waals surface area contributed by atoms with Crippen molar-refractivity contribution in [2.24, 2.45) is 0 Å². The lowest BCUT2D eigenvalue weighted by atomic mass is 9.98. The molecule has 0 fully saturated rings. The Morgan fingerprint density at radius 3 is 2.16 bits per heavy atom. The second-order valence-corrected chi connectivity index (χ2v) is 9.56. The van der Waals surface area contributed by atoms with Crippen LogP contribution in [-0.4, -0.2) is 33.5 Å². The number of ether oxygens (including phenoxy) is 1. The first-order chi connectivity index (χ1) is 17.4. The summed E-state index contributed by atoms with van der Waals surface area (Å²) in [5, 5.41) is 0. The maximum atomic E-state index is 13.8. The molecule has 0 saturated carbocycles. The predicted molar refractivity (Wildman–Crippen MR) is 138 cm³/mol. The fourth-order valence-corrected chi connectivity index (χ4v) is 4.73. The lowest BCUT2D eigenvalue weighted by molar-refractivity contribution is -0.137. The van der Waals surface area contributed by atoms with Crippen LogP contribution in [0.1, 0.15) is 52.3 Å². The van der Waals surface area contributed by atoms with Crippen LogP contribution in [-0.2, 0) is 12.7 Å². The van der Waals surface area contributed by atoms with E-state index in [4.69, 9.17) is 4.74 Å². The minimum Gasteiger partial charge on any atom is -0.497 e. The van der Waals surface area contributed by atoms with E-state index in [1.54, 1.807) is 28.7 Å². The standard InChI is InChI=1S/C29H30F3N3O2/c1-17(2)34(28(36)27-19(4)13-18(3)14-20(27)5)16-26-33-24-15-21(29(30,31)32)7-12-25(24)35(26)22-8-10-23(37-6)11-9-22/h7-15,17H,16H2,1-6H3. The third-order valence-corrected chi connectivity index (χ3v) is 6.47. The van der Waals surface area contributed by atoms with E-state index in [9.17, 15) is 18.0 Å². The van der Waals surface area contributed by atoms with Crippen LogP contribution in [0.25, 0.3) is 16.7 Å². The number of aryl methyl sites for hydroxylation is 3. The molecule has 0 N–H and O–H groups in total. The molecule has 1 aromatic heterocycles. The fraction of sp³-hybridized carbons (Fsp3) is 0.310. The van der Waals surface area contributed by atoms with Crippen LogP contribution in [0.3, 0.4) is 0 Å². The van der Waals surface area contributed by atoms with Gasteiger partial charge in [-0.2, -0.15) is 13.2 Å². The van der Waals surface area contributed by atoms with E-state index in [0.717, 1.165) is 28.8 Å². The van der Waals surface area contributed by atoms with Gasteiger partial charge in [-0.3, -0.25) is 9.36 Å². The topological polar surface area (TPSA) is 47.4 Å². The number of hydrogen-bond acceptors (Lipinski definition) is 3. The Balaban J connectivity index is 1.86. The number of rotatable bonds is 6. The fourth-order valence-electron chi connectivity index (χ4n) is 4.73. The van der Waals surface area contributed by atoms with Crippen molar-refractivity contribution in [3.05, 3.63) is 88.2 Å². The van der Waals surface area contributed by atoms with E-state index in [1.807, 2.05) is 58.9 Å². The zero-order valence-corrected chi connectivity index (χ0v) is 21.8. The lowest BCUT2D eigenvalue weighted by Crippen LogP contribution is -2.38. The first-order valence-electron chi connectivity index (χ1n) is 12.0. The number of carbonyl (C=O) groups is 1. The van der Waals surface area contributed by atoms with Crippen molar-refractivity contribution < 1.29 is 22.7 Å². The zero-order chi connectivity index (χ0) is 27.1. The van der Waals surface area contributed by atoms with Crippen molar-refractivity contribution >= 4 is 16.9 Å². The zero-order valence-electron chi connectivity index (χ0n) is 21.8. The number of aromatic nitrogens is 2. The summed E-state index contributed by atoms with van der Waals surface area (Å²) in [7, 11) is 1.56. The highest BCUT2D eigenvalue weighted by Gasteiger charge is 2.32. The maximum Gasteiger partial charge on any atom is 0.416 e. The van der Waals surface area contributed by atoms with Gasteiger partial charge in [-0.1, -0.05) is 17.7 Å². The highest BCUT2D eigenvalue weighted by molar-refractivity contribution is 5.97. The summed E-state index contributed by atoms with van der Waals surface area (Å²) in [4.78, 5) is 20.1. The minimum atomic E-state index is -4.49. The number of hydrogen-bond donors (Lipinski definition) is 0. The summed E-state index contributed by atoms with van der Waals surface area (Å²) in [5.74, 6) is 0.969. The summed E-state index contributed by atoms with van der Waals surface area (Å²) in [6, 6.07) is 14.5. The van der Waals surface area contributed by atoms with Crippen molar-refractivity contribution in [2.45, 2.75) is 53.4 Å². The van der Waals surface area contributed by atoms with Crippen molar-refractivity contribution in [1.82, 2.24) is 14.5 Å². The van der Waals surface area contributed by atoms with Crippen LogP contribution >= 0.6 is 0 Å². The van der Waals surface area contributed by atoms with Gasteiger partial charge in [-0.25, -0.2) is 4.98 Å². The molecule has 0 bridgehead atoms. The Morgan fingerprint density at radius 1 is 1.00 bits per heavy atom. The Kier molecular flexibility index (Phi) is 7.04. The highest BCUT2D eigenvalue weighted by Crippen LogP contribution is 2.33. The van der Waals surface area contributed by atoms with Gasteiger partial charge in [0, 0.05) is 17.3 Å². The molecule has 1 heterocycles. The summed E-state index contributed by atoms with van der Waals surface area (Å²) in [5.41, 5.74) is 4.13. The molecule has 0 saturated heterocycles. The largest absolute Gasteiger partial charge is 0.497 e. The molecule has 0 spiro atoms. The number of fused-ring (bicyclic) bond motifs is 1. The maximum absolute atomic E-state index is 13.8. The van der Waals surface area contributed by atoms with E-state index in [-0.39, 0.29) is 24.0 Å². The van der Waals surface area contributed by atoms with Gasteiger partial charge < -0.3 is 9.64 Å². The van der Waals surface area contributed by atoms with Crippen LogP contribution in [0, 0.1) is 20.8 Å².